The molecular formula is C13H21N2NaO3. The van der Waals surface area contributed by atoms with E-state index in [0.717, 1.165) is 18.6 Å². The second-order valence-corrected chi connectivity index (χ2v) is 6.31. The van der Waals surface area contributed by atoms with Crippen molar-refractivity contribution in [2.45, 2.75) is 45.6 Å². The molecule has 5 nitrogen and oxygen atoms in total. The number of aliphatic carboxylic acids is 1. The van der Waals surface area contributed by atoms with Gasteiger partial charge in [-0.2, -0.15) is 0 Å². The molecule has 0 aromatic carbocycles. The molecule has 0 aliphatic heterocycles. The Morgan fingerprint density at radius 2 is 2.16 bits per heavy atom. The van der Waals surface area contributed by atoms with Crippen LogP contribution in [0.2, 0.25) is 0 Å². The van der Waals surface area contributed by atoms with E-state index in [1.54, 1.807) is 0 Å². The standard InChI is InChI=1S/C13H22N2O3.Na/c1-12(2)8-6-9(12)13(3,10(7-8)15-18)14-5-4-11(16)17;/h8-9,14,18H,4-7H2,1-3H3,(H,16,17);/q;+1/p-1/b15-10+;/t8-,9-,13-;/m1./s1. The summed E-state index contributed by atoms with van der Waals surface area (Å²) < 4.78 is 0. The predicted octanol–water partition coefficient (Wildman–Crippen LogP) is -2.63. The number of carboxylic acids is 1. The second-order valence-electron chi connectivity index (χ2n) is 6.31. The first-order chi connectivity index (χ1) is 8.32. The van der Waals surface area contributed by atoms with Crippen molar-refractivity contribution in [3.63, 3.8) is 0 Å². The molecule has 0 amide bonds. The molecule has 2 bridgehead atoms. The molecule has 3 fully saturated rings. The van der Waals surface area contributed by atoms with Gasteiger partial charge in [-0.05, 0) is 43.4 Å². The van der Waals surface area contributed by atoms with Gasteiger partial charge in [-0.3, -0.25) is 0 Å². The van der Waals surface area contributed by atoms with E-state index in [4.69, 9.17) is 5.21 Å². The van der Waals surface area contributed by atoms with Gasteiger partial charge in [-0.1, -0.05) is 19.0 Å². The zero-order chi connectivity index (χ0) is 13.6. The Morgan fingerprint density at radius 3 is 2.63 bits per heavy atom. The van der Waals surface area contributed by atoms with Gasteiger partial charge in [-0.15, -0.1) is 0 Å². The van der Waals surface area contributed by atoms with Crippen LogP contribution in [0, 0.1) is 17.3 Å². The molecule has 0 heterocycles. The molecule has 6 heteroatoms. The third-order valence-electron chi connectivity index (χ3n) is 5.15. The third-order valence-corrected chi connectivity index (χ3v) is 5.15. The van der Waals surface area contributed by atoms with Crippen molar-refractivity contribution >= 4 is 11.7 Å². The summed E-state index contributed by atoms with van der Waals surface area (Å²) in [6.45, 7) is 6.82. The molecule has 0 unspecified atom stereocenters. The van der Waals surface area contributed by atoms with Crippen molar-refractivity contribution in [2.75, 3.05) is 6.54 Å². The average molecular weight is 276 g/mol. The number of oxime groups is 1. The summed E-state index contributed by atoms with van der Waals surface area (Å²) in [5, 5.41) is 26.3. The zero-order valence-corrected chi connectivity index (χ0v) is 14.2. The number of nitrogens with one attached hydrogen (secondary N) is 1. The number of nitrogens with zero attached hydrogens (tertiary/aromatic N) is 1. The molecule has 0 aromatic rings. The van der Waals surface area contributed by atoms with E-state index in [0.29, 0.717) is 18.4 Å². The van der Waals surface area contributed by atoms with E-state index in [-0.39, 0.29) is 41.4 Å². The van der Waals surface area contributed by atoms with Gasteiger partial charge in [0.15, 0.2) is 0 Å². The van der Waals surface area contributed by atoms with Crippen molar-refractivity contribution in [1.29, 1.82) is 0 Å². The van der Waals surface area contributed by atoms with Gasteiger partial charge in [0, 0.05) is 12.5 Å². The number of hydrogen-bond acceptors (Lipinski definition) is 5. The smallest absolute Gasteiger partial charge is 0.550 e. The minimum Gasteiger partial charge on any atom is -0.550 e. The molecular weight excluding hydrogens is 255 g/mol. The summed E-state index contributed by atoms with van der Waals surface area (Å²) in [6, 6.07) is 0. The van der Waals surface area contributed by atoms with Crippen LogP contribution < -0.4 is 40.0 Å². The number of hydrogen-bond donors (Lipinski definition) is 2. The normalized spacial score (nSPS) is 37.3. The minimum absolute atomic E-state index is 0. The largest absolute Gasteiger partial charge is 1.00 e. The second kappa shape index (κ2) is 5.72. The molecule has 0 spiro atoms. The first-order valence-electron chi connectivity index (χ1n) is 6.48. The van der Waals surface area contributed by atoms with Crippen molar-refractivity contribution in [3.05, 3.63) is 0 Å². The van der Waals surface area contributed by atoms with Crippen LogP contribution in [0.5, 0.6) is 0 Å². The molecule has 3 saturated carbocycles. The van der Waals surface area contributed by atoms with E-state index >= 15 is 0 Å². The number of carbonyl (C=O) groups is 1. The summed E-state index contributed by atoms with van der Waals surface area (Å²) >= 11 is 0. The van der Waals surface area contributed by atoms with E-state index < -0.39 is 11.5 Å². The van der Waals surface area contributed by atoms with Crippen LogP contribution in [0.25, 0.3) is 0 Å². The molecule has 0 radical (unpaired) electrons. The van der Waals surface area contributed by atoms with Gasteiger partial charge in [0.05, 0.1) is 11.3 Å². The fraction of sp³-hybridized carbons (Fsp3) is 0.846. The molecule has 3 rings (SSSR count). The van der Waals surface area contributed by atoms with Crippen molar-refractivity contribution in [2.24, 2.45) is 22.4 Å². The van der Waals surface area contributed by atoms with Gasteiger partial charge >= 0.3 is 29.6 Å². The Balaban J connectivity index is 0.00000180. The van der Waals surface area contributed by atoms with Crippen LogP contribution in [0.4, 0.5) is 0 Å². The monoisotopic (exact) mass is 276 g/mol. The molecule has 102 valence electrons. The van der Waals surface area contributed by atoms with Crippen LogP contribution in [-0.2, 0) is 4.79 Å². The minimum atomic E-state index is -1.06. The van der Waals surface area contributed by atoms with Crippen LogP contribution in [0.1, 0.15) is 40.0 Å². The molecule has 3 aliphatic carbocycles. The summed E-state index contributed by atoms with van der Waals surface area (Å²) in [6.07, 6.45) is 1.88. The number of rotatable bonds is 4. The van der Waals surface area contributed by atoms with Crippen LogP contribution in [-0.4, -0.2) is 29.0 Å². The van der Waals surface area contributed by atoms with E-state index in [2.05, 4.69) is 24.3 Å². The maximum Gasteiger partial charge on any atom is 1.00 e. The first-order valence-corrected chi connectivity index (χ1v) is 6.48. The molecule has 3 aliphatic rings. The molecule has 0 aromatic heterocycles. The Labute approximate surface area is 136 Å². The Morgan fingerprint density at radius 1 is 1.53 bits per heavy atom. The fourth-order valence-corrected chi connectivity index (χ4v) is 3.78. The summed E-state index contributed by atoms with van der Waals surface area (Å²) in [4.78, 5) is 10.5. The Bertz CT molecular complexity index is 397. The fourth-order valence-electron chi connectivity index (χ4n) is 3.78. The number of carboxylic acid groups (broad SMARTS) is 1. The van der Waals surface area contributed by atoms with Gasteiger partial charge in [-0.25, -0.2) is 0 Å². The zero-order valence-electron chi connectivity index (χ0n) is 12.2. The summed E-state index contributed by atoms with van der Waals surface area (Å²) in [7, 11) is 0. The van der Waals surface area contributed by atoms with E-state index in [1.807, 2.05) is 6.92 Å². The van der Waals surface area contributed by atoms with Gasteiger partial charge in [0.25, 0.3) is 0 Å². The summed E-state index contributed by atoms with van der Waals surface area (Å²) in [5.74, 6) is -0.101. The van der Waals surface area contributed by atoms with Gasteiger partial charge in [0.1, 0.15) is 0 Å². The topological polar surface area (TPSA) is 84.8 Å². The third kappa shape index (κ3) is 2.71. The SMILES string of the molecule is CC1(C)[C@H]2C/C(=N\O)[C@](C)(NCCC(=O)[O-])[C@@H]1C2.[Na+]. The average Bonchev–Trinajstić information content (AvgIpc) is 2.27. The van der Waals surface area contributed by atoms with E-state index in [1.165, 1.54) is 0 Å². The van der Waals surface area contributed by atoms with Crippen LogP contribution in [0.15, 0.2) is 5.16 Å². The Hall–Kier alpha value is -0.100. The first kappa shape index (κ1) is 17.0. The van der Waals surface area contributed by atoms with Crippen LogP contribution >= 0.6 is 0 Å². The maximum absolute atomic E-state index is 10.5. The summed E-state index contributed by atoms with van der Waals surface area (Å²) in [5.41, 5.74) is 0.571. The van der Waals surface area contributed by atoms with E-state index in [9.17, 15) is 9.90 Å². The van der Waals surface area contributed by atoms with Gasteiger partial charge < -0.3 is 20.4 Å². The predicted molar refractivity (Wildman–Crippen MR) is 65.2 cm³/mol. The number of fused-ring (bicyclic) bond motifs is 2. The molecule has 19 heavy (non-hydrogen) atoms. The quantitative estimate of drug-likeness (QED) is 0.334. The molecule has 0 saturated heterocycles. The van der Waals surface area contributed by atoms with Gasteiger partial charge in [0.2, 0.25) is 0 Å². The molecule has 2 N–H and O–H groups in total. The maximum atomic E-state index is 10.5. The van der Waals surface area contributed by atoms with Crippen molar-refractivity contribution in [3.8, 4) is 0 Å². The molecule has 3 atom stereocenters. The number of carbonyl (C=O) groups excluding carboxylic acids is 1. The van der Waals surface area contributed by atoms with Crippen LogP contribution in [0.3, 0.4) is 0 Å². The van der Waals surface area contributed by atoms with Crippen molar-refractivity contribution in [1.82, 2.24) is 5.32 Å². The van der Waals surface area contributed by atoms with Crippen molar-refractivity contribution < 1.29 is 44.7 Å². The Kier molecular flexibility index (Phi) is 5.10.